The number of anilines is 3. The van der Waals surface area contributed by atoms with Crippen molar-refractivity contribution in [3.63, 3.8) is 0 Å². The summed E-state index contributed by atoms with van der Waals surface area (Å²) in [6.45, 7) is 0. The first-order chi connectivity index (χ1) is 17.6. The Morgan fingerprint density at radius 3 is 2.00 bits per heavy atom. The number of rotatable bonds is 2. The van der Waals surface area contributed by atoms with Gasteiger partial charge in [0, 0.05) is 12.7 Å². The van der Waals surface area contributed by atoms with Gasteiger partial charge in [-0.25, -0.2) is 0 Å². The van der Waals surface area contributed by atoms with Crippen LogP contribution in [-0.4, -0.2) is 23.8 Å². The van der Waals surface area contributed by atoms with Crippen LogP contribution in [0.5, 0.6) is 11.5 Å². The zero-order valence-corrected chi connectivity index (χ0v) is 19.4. The number of nitrogens with zero attached hydrogens (tertiary/aromatic N) is 2. The fourth-order valence-electron chi connectivity index (χ4n) is 5.16. The quantitative estimate of drug-likeness (QED) is 0.250. The predicted molar refractivity (Wildman–Crippen MR) is 141 cm³/mol. The molecule has 0 unspecified atom stereocenters. The summed E-state index contributed by atoms with van der Waals surface area (Å²) in [6.07, 6.45) is 0. The molecule has 0 N–H and O–H groups in total. The van der Waals surface area contributed by atoms with Gasteiger partial charge in [-0.3, -0.25) is 14.5 Å². The van der Waals surface area contributed by atoms with E-state index in [1.807, 2.05) is 54.6 Å². The van der Waals surface area contributed by atoms with Crippen molar-refractivity contribution in [1.82, 2.24) is 4.90 Å². The van der Waals surface area contributed by atoms with E-state index < -0.39 is 0 Å². The summed E-state index contributed by atoms with van der Waals surface area (Å²) in [5.41, 5.74) is 5.62. The van der Waals surface area contributed by atoms with Crippen LogP contribution < -0.4 is 9.64 Å². The minimum Gasteiger partial charge on any atom is -0.453 e. The van der Waals surface area contributed by atoms with Gasteiger partial charge in [-0.2, -0.15) is 0 Å². The summed E-state index contributed by atoms with van der Waals surface area (Å²) >= 11 is 0. The molecule has 36 heavy (non-hydrogen) atoms. The lowest BCUT2D eigenvalue weighted by Crippen LogP contribution is -2.24. The third-order valence-corrected chi connectivity index (χ3v) is 6.94. The molecule has 0 bridgehead atoms. The Bertz CT molecular complexity index is 1690. The van der Waals surface area contributed by atoms with E-state index in [0.717, 1.165) is 50.5 Å². The molecule has 0 spiro atoms. The van der Waals surface area contributed by atoms with Crippen molar-refractivity contribution in [3.8, 4) is 22.6 Å². The average molecular weight is 469 g/mol. The Balaban J connectivity index is 1.35. The topological polar surface area (TPSA) is 49.9 Å². The monoisotopic (exact) mass is 468 g/mol. The van der Waals surface area contributed by atoms with Gasteiger partial charge in [-0.05, 0) is 70.4 Å². The maximum atomic E-state index is 12.8. The van der Waals surface area contributed by atoms with Crippen LogP contribution in [0, 0.1) is 0 Å². The van der Waals surface area contributed by atoms with Gasteiger partial charge >= 0.3 is 0 Å². The van der Waals surface area contributed by atoms with Crippen molar-refractivity contribution in [3.05, 3.63) is 114 Å². The number of hydrogen-bond donors (Lipinski definition) is 0. The number of imide groups is 1. The lowest BCUT2D eigenvalue weighted by atomic mass is 9.94. The third-order valence-electron chi connectivity index (χ3n) is 6.94. The smallest absolute Gasteiger partial charge is 0.261 e. The molecule has 0 saturated heterocycles. The van der Waals surface area contributed by atoms with Crippen LogP contribution in [0.15, 0.2) is 103 Å². The molecule has 0 atom stereocenters. The molecule has 5 aromatic carbocycles. The number of carbonyl (C=O) groups excluding carboxylic acids is 2. The molecule has 5 nitrogen and oxygen atoms in total. The van der Waals surface area contributed by atoms with Gasteiger partial charge in [0.2, 0.25) is 0 Å². The number of carbonyl (C=O) groups is 2. The van der Waals surface area contributed by atoms with Crippen molar-refractivity contribution in [2.45, 2.75) is 0 Å². The molecule has 2 aliphatic rings. The van der Waals surface area contributed by atoms with E-state index in [-0.39, 0.29) is 11.8 Å². The number of ether oxygens (including phenoxy) is 1. The molecule has 5 heteroatoms. The first-order valence-electron chi connectivity index (χ1n) is 11.8. The highest BCUT2D eigenvalue weighted by Crippen LogP contribution is 2.50. The van der Waals surface area contributed by atoms with Crippen LogP contribution in [0.25, 0.3) is 21.9 Å². The Hall–Kier alpha value is -4.90. The van der Waals surface area contributed by atoms with Gasteiger partial charge in [0.15, 0.2) is 11.5 Å². The Kier molecular flexibility index (Phi) is 4.29. The molecule has 2 aliphatic heterocycles. The SMILES string of the molecule is CN1C(=O)c2cccc(-c3ccc4cc(N5c6ccccc6Oc6ccccc65)ccc4c3)c2C1=O. The number of benzene rings is 5. The number of hydrogen-bond acceptors (Lipinski definition) is 4. The molecular weight excluding hydrogens is 448 g/mol. The van der Waals surface area contributed by atoms with Crippen molar-refractivity contribution in [2.75, 3.05) is 11.9 Å². The third kappa shape index (κ3) is 2.89. The first-order valence-corrected chi connectivity index (χ1v) is 11.8. The minimum atomic E-state index is -0.259. The molecule has 2 amide bonds. The molecule has 0 fully saturated rings. The standard InChI is InChI=1S/C31H20N2O3/c1-32-30(34)24-8-6-7-23(29(24)31(32)35)21-14-13-20-18-22(16-15-19(20)17-21)33-25-9-2-4-11-27(25)36-28-12-5-3-10-26(28)33/h2-18H,1H3. The van der Waals surface area contributed by atoms with Crippen LogP contribution in [0.4, 0.5) is 17.1 Å². The van der Waals surface area contributed by atoms with Gasteiger partial charge in [-0.1, -0.05) is 54.6 Å². The van der Waals surface area contributed by atoms with E-state index in [0.29, 0.717) is 11.1 Å². The van der Waals surface area contributed by atoms with Gasteiger partial charge in [0.25, 0.3) is 11.8 Å². The van der Waals surface area contributed by atoms with Crippen molar-refractivity contribution in [1.29, 1.82) is 0 Å². The van der Waals surface area contributed by atoms with Gasteiger partial charge < -0.3 is 9.64 Å². The Morgan fingerprint density at radius 1 is 0.611 bits per heavy atom. The lowest BCUT2D eigenvalue weighted by Gasteiger charge is -2.32. The molecule has 0 aromatic heterocycles. The maximum Gasteiger partial charge on any atom is 0.261 e. The predicted octanol–water partition coefficient (Wildman–Crippen LogP) is 7.31. The molecular formula is C31H20N2O3. The van der Waals surface area contributed by atoms with Crippen molar-refractivity contribution < 1.29 is 14.3 Å². The summed E-state index contributed by atoms with van der Waals surface area (Å²) in [5, 5.41) is 2.12. The highest BCUT2D eigenvalue weighted by molar-refractivity contribution is 6.23. The molecule has 0 saturated carbocycles. The van der Waals surface area contributed by atoms with E-state index in [1.165, 1.54) is 11.9 Å². The van der Waals surface area contributed by atoms with E-state index in [1.54, 1.807) is 6.07 Å². The molecule has 172 valence electrons. The highest BCUT2D eigenvalue weighted by Gasteiger charge is 2.35. The van der Waals surface area contributed by atoms with E-state index in [9.17, 15) is 9.59 Å². The van der Waals surface area contributed by atoms with Crippen LogP contribution in [0.2, 0.25) is 0 Å². The summed E-state index contributed by atoms with van der Waals surface area (Å²) < 4.78 is 6.15. The van der Waals surface area contributed by atoms with Crippen LogP contribution in [0.1, 0.15) is 20.7 Å². The average Bonchev–Trinajstić information content (AvgIpc) is 3.15. The van der Waals surface area contributed by atoms with E-state index >= 15 is 0 Å². The largest absolute Gasteiger partial charge is 0.453 e. The van der Waals surface area contributed by atoms with Crippen LogP contribution in [0.3, 0.4) is 0 Å². The zero-order chi connectivity index (χ0) is 24.4. The molecule has 2 heterocycles. The Labute approximate surface area is 207 Å². The first kappa shape index (κ1) is 20.5. The summed E-state index contributed by atoms with van der Waals surface area (Å²) in [4.78, 5) is 28.6. The highest BCUT2D eigenvalue weighted by atomic mass is 16.5. The number of fused-ring (bicyclic) bond motifs is 4. The van der Waals surface area contributed by atoms with Gasteiger partial charge in [0.1, 0.15) is 0 Å². The van der Waals surface area contributed by atoms with E-state index in [2.05, 4.69) is 47.4 Å². The summed E-state index contributed by atoms with van der Waals surface area (Å²) in [5.74, 6) is 1.11. The lowest BCUT2D eigenvalue weighted by molar-refractivity contribution is 0.0693. The fourth-order valence-corrected chi connectivity index (χ4v) is 5.16. The fraction of sp³-hybridized carbons (Fsp3) is 0.0323. The molecule has 5 aromatic rings. The second-order valence-electron chi connectivity index (χ2n) is 9.02. The molecule has 0 aliphatic carbocycles. The number of amides is 2. The second-order valence-corrected chi connectivity index (χ2v) is 9.02. The molecule has 0 radical (unpaired) electrons. The number of para-hydroxylation sites is 4. The second kappa shape index (κ2) is 7.55. The van der Waals surface area contributed by atoms with Gasteiger partial charge in [0.05, 0.1) is 22.5 Å². The van der Waals surface area contributed by atoms with Crippen LogP contribution >= 0.6 is 0 Å². The summed E-state index contributed by atoms with van der Waals surface area (Å²) in [7, 11) is 1.53. The van der Waals surface area contributed by atoms with Gasteiger partial charge in [-0.15, -0.1) is 0 Å². The normalized spacial score (nSPS) is 13.9. The van der Waals surface area contributed by atoms with E-state index in [4.69, 9.17) is 4.74 Å². The maximum absolute atomic E-state index is 12.8. The van der Waals surface area contributed by atoms with Crippen LogP contribution in [-0.2, 0) is 0 Å². The minimum absolute atomic E-state index is 0.256. The van der Waals surface area contributed by atoms with Crippen molar-refractivity contribution in [2.24, 2.45) is 0 Å². The molecule has 7 rings (SSSR count). The van der Waals surface area contributed by atoms with Crippen molar-refractivity contribution >= 4 is 39.6 Å². The Morgan fingerprint density at radius 2 is 1.25 bits per heavy atom. The summed E-state index contributed by atoms with van der Waals surface area (Å²) in [6, 6.07) is 34.0. The zero-order valence-electron chi connectivity index (χ0n) is 19.4.